The molecule has 1 aliphatic rings. The first kappa shape index (κ1) is 15.7. The van der Waals surface area contributed by atoms with E-state index in [4.69, 9.17) is 4.74 Å². The van der Waals surface area contributed by atoms with Crippen molar-refractivity contribution in [2.45, 2.75) is 12.5 Å². The van der Waals surface area contributed by atoms with E-state index in [0.717, 1.165) is 30.0 Å². The van der Waals surface area contributed by atoms with Crippen LogP contribution in [-0.2, 0) is 6.42 Å². The standard InChI is InChI=1S/C22H20FNO/c1-25-20-10-11-21-16(15-20)12-13-24(19-8-3-2-4-9-19)22(21)17-6-5-7-18(23)14-17/h2-11,14-15,22H,12-13H2,1H3. The molecule has 0 saturated heterocycles. The SMILES string of the molecule is COc1ccc2c(c1)CCN(c1ccccc1)C2c1cccc(F)c1. The Labute approximate surface area is 147 Å². The predicted molar refractivity (Wildman–Crippen MR) is 98.7 cm³/mol. The number of ether oxygens (including phenoxy) is 1. The summed E-state index contributed by atoms with van der Waals surface area (Å²) in [6.45, 7) is 0.880. The average molecular weight is 333 g/mol. The Balaban J connectivity index is 1.86. The molecule has 1 unspecified atom stereocenters. The van der Waals surface area contributed by atoms with E-state index in [2.05, 4.69) is 29.2 Å². The van der Waals surface area contributed by atoms with Gasteiger partial charge in [0.2, 0.25) is 0 Å². The monoisotopic (exact) mass is 333 g/mol. The fourth-order valence-electron chi connectivity index (χ4n) is 3.66. The third kappa shape index (κ3) is 2.98. The van der Waals surface area contributed by atoms with Crippen molar-refractivity contribution in [2.75, 3.05) is 18.6 Å². The minimum absolute atomic E-state index is 0.00671. The van der Waals surface area contributed by atoms with Crippen molar-refractivity contribution in [1.29, 1.82) is 0 Å². The van der Waals surface area contributed by atoms with Crippen LogP contribution < -0.4 is 9.64 Å². The van der Waals surface area contributed by atoms with Crippen LogP contribution in [0.1, 0.15) is 22.7 Å². The van der Waals surface area contributed by atoms with E-state index in [-0.39, 0.29) is 11.9 Å². The number of hydrogen-bond acceptors (Lipinski definition) is 2. The Bertz CT molecular complexity index is 878. The van der Waals surface area contributed by atoms with Gasteiger partial charge in [-0.15, -0.1) is 0 Å². The van der Waals surface area contributed by atoms with E-state index in [1.165, 1.54) is 17.2 Å². The molecule has 0 amide bonds. The van der Waals surface area contributed by atoms with Gasteiger partial charge in [0.05, 0.1) is 13.2 Å². The number of nitrogens with zero attached hydrogens (tertiary/aromatic N) is 1. The van der Waals surface area contributed by atoms with Crippen molar-refractivity contribution in [3.8, 4) is 5.75 Å². The second-order valence-corrected chi connectivity index (χ2v) is 6.30. The summed E-state index contributed by atoms with van der Waals surface area (Å²) in [4.78, 5) is 2.35. The molecule has 0 aliphatic carbocycles. The molecule has 126 valence electrons. The molecule has 4 rings (SSSR count). The van der Waals surface area contributed by atoms with Crippen LogP contribution in [0.15, 0.2) is 72.8 Å². The minimum atomic E-state index is -0.203. The molecule has 1 atom stereocenters. The van der Waals surface area contributed by atoms with E-state index in [1.807, 2.05) is 30.3 Å². The topological polar surface area (TPSA) is 12.5 Å². The lowest BCUT2D eigenvalue weighted by molar-refractivity contribution is 0.413. The zero-order valence-corrected chi connectivity index (χ0v) is 14.2. The fraction of sp³-hybridized carbons (Fsp3) is 0.182. The maximum Gasteiger partial charge on any atom is 0.123 e. The van der Waals surface area contributed by atoms with Crippen LogP contribution in [0.4, 0.5) is 10.1 Å². The Morgan fingerprint density at radius 2 is 1.80 bits per heavy atom. The normalized spacial score (nSPS) is 16.4. The third-order valence-electron chi connectivity index (χ3n) is 4.83. The predicted octanol–water partition coefficient (Wildman–Crippen LogP) is 4.99. The quantitative estimate of drug-likeness (QED) is 0.670. The van der Waals surface area contributed by atoms with Gasteiger partial charge in [0.1, 0.15) is 11.6 Å². The molecule has 0 fully saturated rings. The zero-order valence-electron chi connectivity index (χ0n) is 14.2. The van der Waals surface area contributed by atoms with Crippen LogP contribution in [0.5, 0.6) is 5.75 Å². The van der Waals surface area contributed by atoms with Gasteiger partial charge in [-0.25, -0.2) is 4.39 Å². The van der Waals surface area contributed by atoms with Gasteiger partial charge in [0, 0.05) is 12.2 Å². The summed E-state index contributed by atoms with van der Waals surface area (Å²) in [5.74, 6) is 0.663. The molecule has 25 heavy (non-hydrogen) atoms. The molecule has 0 bridgehead atoms. The van der Waals surface area contributed by atoms with E-state index in [9.17, 15) is 4.39 Å². The highest BCUT2D eigenvalue weighted by Crippen LogP contribution is 2.39. The molecule has 1 heterocycles. The molecule has 0 radical (unpaired) electrons. The zero-order chi connectivity index (χ0) is 17.2. The molecule has 0 aromatic heterocycles. The number of halogens is 1. The van der Waals surface area contributed by atoms with Gasteiger partial charge < -0.3 is 9.64 Å². The van der Waals surface area contributed by atoms with Crippen LogP contribution in [0, 0.1) is 5.82 Å². The Morgan fingerprint density at radius 3 is 2.56 bits per heavy atom. The smallest absolute Gasteiger partial charge is 0.123 e. The average Bonchev–Trinajstić information content (AvgIpc) is 2.67. The fourth-order valence-corrected chi connectivity index (χ4v) is 3.66. The van der Waals surface area contributed by atoms with Crippen molar-refractivity contribution in [1.82, 2.24) is 0 Å². The minimum Gasteiger partial charge on any atom is -0.497 e. The second-order valence-electron chi connectivity index (χ2n) is 6.30. The number of benzene rings is 3. The molecular formula is C22H20FNO. The molecule has 3 heteroatoms. The van der Waals surface area contributed by atoms with E-state index in [1.54, 1.807) is 19.2 Å². The van der Waals surface area contributed by atoms with Crippen LogP contribution in [-0.4, -0.2) is 13.7 Å². The summed E-state index contributed by atoms with van der Waals surface area (Å²) in [7, 11) is 1.69. The first-order valence-corrected chi connectivity index (χ1v) is 8.50. The summed E-state index contributed by atoms with van der Waals surface area (Å²) in [5.41, 5.74) is 4.59. The van der Waals surface area contributed by atoms with E-state index < -0.39 is 0 Å². The molecule has 1 aliphatic heterocycles. The van der Waals surface area contributed by atoms with Crippen molar-refractivity contribution >= 4 is 5.69 Å². The van der Waals surface area contributed by atoms with Crippen LogP contribution in [0.3, 0.4) is 0 Å². The first-order chi connectivity index (χ1) is 12.3. The Hall–Kier alpha value is -2.81. The number of para-hydroxylation sites is 1. The lowest BCUT2D eigenvalue weighted by atomic mass is 9.87. The molecule has 3 aromatic rings. The highest BCUT2D eigenvalue weighted by Gasteiger charge is 2.29. The maximum atomic E-state index is 13.9. The van der Waals surface area contributed by atoms with Crippen molar-refractivity contribution in [3.63, 3.8) is 0 Å². The Kier molecular flexibility index (Phi) is 4.14. The van der Waals surface area contributed by atoms with Crippen LogP contribution >= 0.6 is 0 Å². The van der Waals surface area contributed by atoms with Gasteiger partial charge in [-0.1, -0.05) is 36.4 Å². The third-order valence-corrected chi connectivity index (χ3v) is 4.83. The number of rotatable bonds is 3. The molecule has 0 N–H and O–H groups in total. The molecule has 3 aromatic carbocycles. The number of fused-ring (bicyclic) bond motifs is 1. The number of hydrogen-bond donors (Lipinski definition) is 0. The highest BCUT2D eigenvalue weighted by molar-refractivity contribution is 5.56. The molecule has 2 nitrogen and oxygen atoms in total. The summed E-state index contributed by atoms with van der Waals surface area (Å²) in [5, 5.41) is 0. The Morgan fingerprint density at radius 1 is 0.960 bits per heavy atom. The molecule has 0 spiro atoms. The van der Waals surface area contributed by atoms with Gasteiger partial charge in [0.15, 0.2) is 0 Å². The summed E-state index contributed by atoms with van der Waals surface area (Å²) < 4.78 is 19.3. The summed E-state index contributed by atoms with van der Waals surface area (Å²) >= 11 is 0. The van der Waals surface area contributed by atoms with Crippen molar-refractivity contribution < 1.29 is 9.13 Å². The highest BCUT2D eigenvalue weighted by atomic mass is 19.1. The summed E-state index contributed by atoms with van der Waals surface area (Å²) in [6.07, 6.45) is 0.938. The van der Waals surface area contributed by atoms with Gasteiger partial charge in [-0.3, -0.25) is 0 Å². The van der Waals surface area contributed by atoms with Crippen LogP contribution in [0.2, 0.25) is 0 Å². The van der Waals surface area contributed by atoms with Gasteiger partial charge in [-0.2, -0.15) is 0 Å². The van der Waals surface area contributed by atoms with E-state index >= 15 is 0 Å². The summed E-state index contributed by atoms with van der Waals surface area (Å²) in [6, 6.07) is 23.4. The van der Waals surface area contributed by atoms with E-state index in [0.29, 0.717) is 0 Å². The van der Waals surface area contributed by atoms with Crippen molar-refractivity contribution in [3.05, 3.63) is 95.3 Å². The molecular weight excluding hydrogens is 313 g/mol. The first-order valence-electron chi connectivity index (χ1n) is 8.50. The van der Waals surface area contributed by atoms with Gasteiger partial charge >= 0.3 is 0 Å². The van der Waals surface area contributed by atoms with Gasteiger partial charge in [0.25, 0.3) is 0 Å². The van der Waals surface area contributed by atoms with Crippen molar-refractivity contribution in [2.24, 2.45) is 0 Å². The van der Waals surface area contributed by atoms with Gasteiger partial charge in [-0.05, 0) is 59.5 Å². The number of anilines is 1. The second kappa shape index (κ2) is 6.60. The lowest BCUT2D eigenvalue weighted by Crippen LogP contribution is -2.36. The largest absolute Gasteiger partial charge is 0.497 e. The molecule has 0 saturated carbocycles. The number of methoxy groups -OCH3 is 1. The maximum absolute atomic E-state index is 13.9. The lowest BCUT2D eigenvalue weighted by Gasteiger charge is -2.39. The van der Waals surface area contributed by atoms with Crippen LogP contribution in [0.25, 0.3) is 0 Å².